The van der Waals surface area contributed by atoms with Gasteiger partial charge in [0.25, 0.3) is 0 Å². The van der Waals surface area contributed by atoms with Gasteiger partial charge in [-0.3, -0.25) is 9.59 Å². The van der Waals surface area contributed by atoms with Crippen molar-refractivity contribution in [2.75, 3.05) is 13.2 Å². The third kappa shape index (κ3) is 6.42. The molecule has 7 heteroatoms. The van der Waals surface area contributed by atoms with E-state index in [0.29, 0.717) is 0 Å². The molecule has 1 aliphatic heterocycles. The highest BCUT2D eigenvalue weighted by Gasteiger charge is 2.44. The molecule has 0 bridgehead atoms. The van der Waals surface area contributed by atoms with Crippen LogP contribution in [-0.2, 0) is 28.0 Å². The third-order valence-electron chi connectivity index (χ3n) is 6.00. The van der Waals surface area contributed by atoms with Crippen molar-refractivity contribution < 1.29 is 28.0 Å². The van der Waals surface area contributed by atoms with Crippen molar-refractivity contribution in [3.05, 3.63) is 96.6 Å². The first kappa shape index (κ1) is 26.9. The van der Waals surface area contributed by atoms with Gasteiger partial charge >= 0.3 is 11.9 Å². The van der Waals surface area contributed by atoms with Crippen molar-refractivity contribution in [2.24, 2.45) is 0 Å². The number of esters is 1. The van der Waals surface area contributed by atoms with Gasteiger partial charge in [0.05, 0.1) is 26.1 Å². The largest absolute Gasteiger partial charge is 0.457 e. The molecule has 0 N–H and O–H groups in total. The topological polar surface area (TPSA) is 71.1 Å². The Morgan fingerprint density at radius 2 is 1.22 bits per heavy atom. The van der Waals surface area contributed by atoms with Gasteiger partial charge in [0, 0.05) is 20.1 Å². The van der Waals surface area contributed by atoms with Gasteiger partial charge in [0.1, 0.15) is 6.10 Å². The van der Waals surface area contributed by atoms with Crippen LogP contribution in [0.2, 0.25) is 0 Å². The van der Waals surface area contributed by atoms with Gasteiger partial charge < -0.3 is 18.4 Å². The molecule has 0 amide bonds. The second-order valence-electron chi connectivity index (χ2n) is 9.77. The highest BCUT2D eigenvalue weighted by atomic mass is 32.3. The van der Waals surface area contributed by atoms with E-state index in [4.69, 9.17) is 18.4 Å². The van der Waals surface area contributed by atoms with E-state index in [1.807, 2.05) is 91.0 Å². The second kappa shape index (κ2) is 11.9. The van der Waals surface area contributed by atoms with E-state index in [-0.39, 0.29) is 26.1 Å². The predicted molar refractivity (Wildman–Crippen MR) is 143 cm³/mol. The Morgan fingerprint density at radius 3 is 1.70 bits per heavy atom. The van der Waals surface area contributed by atoms with Gasteiger partial charge in [-0.05, 0) is 55.3 Å². The maximum atomic E-state index is 13.2. The molecule has 1 heterocycles. The van der Waals surface area contributed by atoms with E-state index in [9.17, 15) is 9.59 Å². The Labute approximate surface area is 220 Å². The Hall–Kier alpha value is -3.13. The molecule has 196 valence electrons. The lowest BCUT2D eigenvalue weighted by molar-refractivity contribution is -0.229. The van der Waals surface area contributed by atoms with Crippen LogP contribution in [0.15, 0.2) is 101 Å². The number of rotatable bonds is 8. The zero-order chi connectivity index (χ0) is 26.3. The maximum Gasteiger partial charge on any atom is 0.317 e. The van der Waals surface area contributed by atoms with Crippen LogP contribution in [0, 0.1) is 0 Å². The normalized spacial score (nSPS) is 18.6. The summed E-state index contributed by atoms with van der Waals surface area (Å²) in [7, 11) is -2.22. The van der Waals surface area contributed by atoms with Crippen molar-refractivity contribution in [1.29, 1.82) is 0 Å². The molecule has 37 heavy (non-hydrogen) atoms. The highest BCUT2D eigenvalue weighted by molar-refractivity contribution is 8.31. The van der Waals surface area contributed by atoms with Crippen LogP contribution in [-0.4, -0.2) is 36.0 Å². The fourth-order valence-corrected chi connectivity index (χ4v) is 7.85. The minimum absolute atomic E-state index is 0.0790. The average Bonchev–Trinajstić information content (AvgIpc) is 2.92. The van der Waals surface area contributed by atoms with Crippen LogP contribution in [0.25, 0.3) is 0 Å². The Kier molecular flexibility index (Phi) is 8.69. The van der Waals surface area contributed by atoms with Gasteiger partial charge in [-0.2, -0.15) is 0 Å². The van der Waals surface area contributed by atoms with Gasteiger partial charge in [-0.1, -0.05) is 66.7 Å². The molecular formula is C30H34O6S. The monoisotopic (exact) mass is 522 g/mol. The number of hydrogen-bond acceptors (Lipinski definition) is 6. The molecular weight excluding hydrogens is 488 g/mol. The number of hydrogen-bond donors (Lipinski definition) is 0. The zero-order valence-corrected chi connectivity index (χ0v) is 22.3. The molecule has 3 aromatic rings. The molecule has 0 aliphatic carbocycles. The van der Waals surface area contributed by atoms with E-state index in [1.165, 1.54) is 0 Å². The summed E-state index contributed by atoms with van der Waals surface area (Å²) >= 11 is 0. The van der Waals surface area contributed by atoms with Crippen molar-refractivity contribution in [3.63, 3.8) is 0 Å². The minimum Gasteiger partial charge on any atom is -0.457 e. The minimum atomic E-state index is -2.22. The zero-order valence-electron chi connectivity index (χ0n) is 21.5. The number of benzene rings is 3. The molecule has 1 aliphatic rings. The predicted octanol–water partition coefficient (Wildman–Crippen LogP) is 6.60. The van der Waals surface area contributed by atoms with Crippen molar-refractivity contribution >= 4 is 22.2 Å². The molecule has 3 aromatic carbocycles. The molecule has 0 unspecified atom stereocenters. The fourth-order valence-electron chi connectivity index (χ4n) is 4.28. The Morgan fingerprint density at radius 1 is 0.757 bits per heavy atom. The van der Waals surface area contributed by atoms with Crippen molar-refractivity contribution in [3.8, 4) is 0 Å². The fraction of sp³-hybridized carbons (Fsp3) is 0.333. The first-order valence-electron chi connectivity index (χ1n) is 12.4. The first-order valence-corrected chi connectivity index (χ1v) is 14.0. The lowest BCUT2D eigenvalue weighted by Gasteiger charge is -2.49. The molecule has 0 saturated carbocycles. The number of carbonyl (C=O) groups is 2. The number of ether oxygens (including phenoxy) is 3. The van der Waals surface area contributed by atoms with Gasteiger partial charge in [0.15, 0.2) is 6.29 Å². The van der Waals surface area contributed by atoms with Crippen LogP contribution in [0.5, 0.6) is 0 Å². The van der Waals surface area contributed by atoms with Crippen LogP contribution in [0.3, 0.4) is 0 Å². The molecule has 0 aromatic heterocycles. The van der Waals surface area contributed by atoms with Crippen LogP contribution >= 0.6 is 10.3 Å². The van der Waals surface area contributed by atoms with Crippen LogP contribution < -0.4 is 0 Å². The standard InChI is InChI=1S/C30H34O6S/c1-30(2,3)37(25-15-9-5-10-16-25,26-17-11-6-12-18-26)36-28(32)20-19-27(31)35-24-21-33-29(34-22-24)23-13-7-4-8-14-23/h4-18,24,29H,19-22H2,1-3H3. The van der Waals surface area contributed by atoms with Crippen molar-refractivity contribution in [1.82, 2.24) is 0 Å². The molecule has 0 spiro atoms. The Bertz CT molecular complexity index is 1110. The summed E-state index contributed by atoms with van der Waals surface area (Å²) in [5, 5.41) is 0. The summed E-state index contributed by atoms with van der Waals surface area (Å²) < 4.78 is 22.9. The van der Waals surface area contributed by atoms with Gasteiger partial charge in [0.2, 0.25) is 0 Å². The summed E-state index contributed by atoms with van der Waals surface area (Å²) in [6.45, 7) is 6.70. The van der Waals surface area contributed by atoms with E-state index in [0.717, 1.165) is 15.4 Å². The summed E-state index contributed by atoms with van der Waals surface area (Å²) in [6.07, 6.45) is -1.16. The van der Waals surface area contributed by atoms with E-state index in [2.05, 4.69) is 20.8 Å². The van der Waals surface area contributed by atoms with Crippen LogP contribution in [0.4, 0.5) is 0 Å². The molecule has 4 rings (SSSR count). The maximum absolute atomic E-state index is 13.2. The lowest BCUT2D eigenvalue weighted by Crippen LogP contribution is -2.35. The second-order valence-corrected chi connectivity index (χ2v) is 13.2. The van der Waals surface area contributed by atoms with Gasteiger partial charge in [-0.25, -0.2) is 0 Å². The number of carbonyl (C=O) groups excluding carboxylic acids is 2. The van der Waals surface area contributed by atoms with Crippen LogP contribution in [0.1, 0.15) is 45.5 Å². The quantitative estimate of drug-likeness (QED) is 0.310. The summed E-state index contributed by atoms with van der Waals surface area (Å²) in [5.41, 5.74) is 0.914. The molecule has 1 saturated heterocycles. The van der Waals surface area contributed by atoms with E-state index in [1.54, 1.807) is 0 Å². The molecule has 0 radical (unpaired) electrons. The first-order chi connectivity index (χ1) is 17.8. The summed E-state index contributed by atoms with van der Waals surface area (Å²) in [5.74, 6) is -0.919. The lowest BCUT2D eigenvalue weighted by atomic mass is 10.2. The average molecular weight is 523 g/mol. The smallest absolute Gasteiger partial charge is 0.317 e. The van der Waals surface area contributed by atoms with Gasteiger partial charge in [-0.15, -0.1) is 0 Å². The molecule has 1 fully saturated rings. The van der Waals surface area contributed by atoms with Crippen molar-refractivity contribution in [2.45, 2.75) is 60.5 Å². The summed E-state index contributed by atoms with van der Waals surface area (Å²) in [6, 6.07) is 29.3. The highest BCUT2D eigenvalue weighted by Crippen LogP contribution is 2.71. The molecule has 0 atom stereocenters. The summed E-state index contributed by atoms with van der Waals surface area (Å²) in [4.78, 5) is 27.6. The van der Waals surface area contributed by atoms with E-state index < -0.39 is 39.4 Å². The Balaban J connectivity index is 1.38. The molecule has 6 nitrogen and oxygen atoms in total. The van der Waals surface area contributed by atoms with E-state index >= 15 is 0 Å². The SMILES string of the molecule is CC(C)(C)S(OC(=O)CCC(=O)OC1COC(c2ccccc2)OC1)(c1ccccc1)c1ccccc1. The third-order valence-corrected chi connectivity index (χ3v) is 10.0.